The van der Waals surface area contributed by atoms with Crippen molar-refractivity contribution in [2.45, 2.75) is 117 Å². The van der Waals surface area contributed by atoms with Crippen molar-refractivity contribution >= 4 is 190 Å². The third-order valence-electron chi connectivity index (χ3n) is 20.0. The van der Waals surface area contributed by atoms with Gasteiger partial charge in [-0.15, -0.1) is 35.3 Å². The van der Waals surface area contributed by atoms with Crippen LogP contribution in [0.5, 0.6) is 40.2 Å². The number of aliphatic hydroxyl groups is 1. The molecule has 10 aromatic carbocycles. The van der Waals surface area contributed by atoms with Gasteiger partial charge in [0.15, 0.2) is 58.2 Å². The molecule has 0 fully saturated rings. The summed E-state index contributed by atoms with van der Waals surface area (Å²) in [6.07, 6.45) is -2.59. The summed E-state index contributed by atoms with van der Waals surface area (Å²) in [5.74, 6) is 4.26. The molecule has 10 aliphatic heterocycles. The van der Waals surface area contributed by atoms with Gasteiger partial charge in [-0.2, -0.15) is 13.2 Å². The lowest BCUT2D eigenvalue weighted by Crippen LogP contribution is -2.32. The van der Waals surface area contributed by atoms with E-state index in [1.165, 1.54) is 36.5 Å². The lowest BCUT2D eigenvalue weighted by molar-refractivity contribution is -0.143. The minimum absolute atomic E-state index is 0.0124. The van der Waals surface area contributed by atoms with Crippen LogP contribution < -0.4 is 33.2 Å². The fourth-order valence-corrected chi connectivity index (χ4v) is 18.6. The zero-order chi connectivity index (χ0) is 94.3. The lowest BCUT2D eigenvalue weighted by atomic mass is 10.0. The molecule has 10 aliphatic rings. The van der Waals surface area contributed by atoms with Gasteiger partial charge in [-0.05, 0) is 176 Å². The number of hydrogen-bond acceptors (Lipinski definition) is 24. The number of ether oxygens (including phenoxy) is 8. The molecule has 0 aromatic heterocycles. The molecule has 0 saturated heterocycles. The maximum atomic E-state index is 12.3. The number of ketones is 10. The van der Waals surface area contributed by atoms with Gasteiger partial charge in [0.05, 0.1) is 102 Å². The second-order valence-corrected chi connectivity index (χ2v) is 37.0. The SMILES string of the molecule is CC(=O)OC1CSc2ccccc2C1=O.Cc1ccc2c(c1)C(=O)CCO2.Cc1ccc2c(c1)C(=O)CCO2.O=C(O)CC1CC(=O)c2cc(Cl)ccc2S1.O=C1CCOc2c(Cl)cc(Cl)cc21.O=C1CCOc2ccc(Br)cc21.O=C1CCOc2ccc(C(F)(F)F)cc21.O=C1CCOc2ccc(Cl)cc21.O=C1CCOc2ccc(I)cc21.O=C1c2ccccc2SCC1O. The number of carbonyl (C=O) groups is 12. The Morgan fingerprint density at radius 3 is 1.33 bits per heavy atom. The van der Waals surface area contributed by atoms with Crippen molar-refractivity contribution < 1.29 is 119 Å². The number of carbonyl (C=O) groups excluding carboxylic acids is 11. The van der Waals surface area contributed by atoms with Crippen LogP contribution in [0.1, 0.15) is 185 Å². The van der Waals surface area contributed by atoms with E-state index in [2.05, 4.69) is 38.5 Å². The van der Waals surface area contributed by atoms with E-state index in [1.54, 1.807) is 78.5 Å². The highest BCUT2D eigenvalue weighted by Gasteiger charge is 2.35. The van der Waals surface area contributed by atoms with Crippen LogP contribution in [0.2, 0.25) is 20.1 Å². The molecule has 3 unspecified atom stereocenters. The predicted octanol–water partition coefficient (Wildman–Crippen LogP) is 22.6. The molecule has 0 spiro atoms. The Balaban J connectivity index is 0.000000141. The number of alkyl halides is 3. The number of aliphatic hydroxyl groups excluding tert-OH is 1. The van der Waals surface area contributed by atoms with Gasteiger partial charge in [0.1, 0.15) is 46.4 Å². The van der Waals surface area contributed by atoms with Crippen LogP contribution in [-0.2, 0) is 20.5 Å². The number of thioether (sulfide) groups is 3. The van der Waals surface area contributed by atoms with E-state index in [0.717, 1.165) is 79.9 Å². The van der Waals surface area contributed by atoms with E-state index in [-0.39, 0.29) is 100 Å². The smallest absolute Gasteiger partial charge is 0.416 e. The van der Waals surface area contributed by atoms with Gasteiger partial charge in [0, 0.05) is 130 Å². The molecule has 0 aliphatic carbocycles. The van der Waals surface area contributed by atoms with E-state index in [4.69, 9.17) is 89.4 Å². The Morgan fingerprint density at radius 2 is 0.832 bits per heavy atom. The van der Waals surface area contributed by atoms with E-state index < -0.39 is 35.9 Å². The number of hydrogen-bond donors (Lipinski definition) is 2. The Hall–Kier alpha value is -10.4. The van der Waals surface area contributed by atoms with Gasteiger partial charge in [0.2, 0.25) is 5.78 Å². The van der Waals surface area contributed by atoms with E-state index in [0.29, 0.717) is 160 Å². The van der Waals surface area contributed by atoms with E-state index in [1.807, 2.05) is 117 Å². The highest BCUT2D eigenvalue weighted by atomic mass is 127. The van der Waals surface area contributed by atoms with Crippen molar-refractivity contribution in [3.8, 4) is 40.2 Å². The van der Waals surface area contributed by atoms with E-state index in [9.17, 15) is 75.8 Å². The summed E-state index contributed by atoms with van der Waals surface area (Å²) in [4.78, 5) is 139. The molecule has 34 heteroatoms. The Labute approximate surface area is 805 Å². The minimum atomic E-state index is -4.42. The first kappa shape index (κ1) is 101. The monoisotopic (exact) mass is 2100 g/mol. The normalized spacial score (nSPS) is 16.9. The quantitative estimate of drug-likeness (QED) is 0.123. The van der Waals surface area contributed by atoms with Gasteiger partial charge in [0.25, 0.3) is 0 Å². The maximum Gasteiger partial charge on any atom is 0.416 e. The number of aliphatic carboxylic acids is 1. The van der Waals surface area contributed by atoms with Crippen LogP contribution in [-0.4, -0.2) is 155 Å². The van der Waals surface area contributed by atoms with Gasteiger partial charge in [-0.25, -0.2) is 0 Å². The molecule has 0 bridgehead atoms. The maximum absolute atomic E-state index is 12.3. The van der Waals surface area contributed by atoms with E-state index >= 15 is 0 Å². The molecule has 10 aromatic rings. The summed E-state index contributed by atoms with van der Waals surface area (Å²) in [5, 5.41) is 19.8. The van der Waals surface area contributed by atoms with Crippen molar-refractivity contribution in [1.82, 2.24) is 0 Å². The summed E-state index contributed by atoms with van der Waals surface area (Å²) >= 11 is 33.2. The van der Waals surface area contributed by atoms with Gasteiger partial charge in [-0.1, -0.05) is 122 Å². The molecule has 682 valence electrons. The zero-order valence-electron chi connectivity index (χ0n) is 70.0. The largest absolute Gasteiger partial charge is 0.492 e. The number of Topliss-reactive ketones (excluding diaryl/α,β-unsaturated/α-hetero) is 10. The lowest BCUT2D eigenvalue weighted by Gasteiger charge is -2.21. The molecule has 20 rings (SSSR count). The van der Waals surface area contributed by atoms with Crippen LogP contribution in [0, 0.1) is 17.4 Å². The van der Waals surface area contributed by atoms with Crippen molar-refractivity contribution in [2.24, 2.45) is 0 Å². The fourth-order valence-electron chi connectivity index (χ4n) is 13.6. The number of esters is 1. The molecule has 0 radical (unpaired) electrons. The first-order valence-electron chi connectivity index (χ1n) is 40.6. The summed E-state index contributed by atoms with van der Waals surface area (Å²) in [6.45, 7) is 8.45. The molecule has 22 nitrogen and oxygen atoms in total. The molecular formula is C97H81BrCl4F3IO22S3. The molecule has 2 N–H and O–H groups in total. The number of halogens is 9. The van der Waals surface area contributed by atoms with Crippen LogP contribution in [0.25, 0.3) is 0 Å². The minimum Gasteiger partial charge on any atom is -0.492 e. The van der Waals surface area contributed by atoms with Crippen molar-refractivity contribution in [1.29, 1.82) is 0 Å². The summed E-state index contributed by atoms with van der Waals surface area (Å²) in [7, 11) is 0. The molecule has 0 saturated carbocycles. The third-order valence-corrected chi connectivity index (χ3v) is 25.7. The van der Waals surface area contributed by atoms with Gasteiger partial charge in [-0.3, -0.25) is 57.5 Å². The first-order chi connectivity index (χ1) is 62.5. The number of fused-ring (bicyclic) bond motifs is 10. The second-order valence-electron chi connectivity index (χ2n) is 29.6. The molecule has 0 amide bonds. The third kappa shape index (κ3) is 28.6. The average Bonchev–Trinajstić information content (AvgIpc) is 0.805. The second kappa shape index (κ2) is 47.8. The highest BCUT2D eigenvalue weighted by Crippen LogP contribution is 2.41. The zero-order valence-corrected chi connectivity index (χ0v) is 79.3. The van der Waals surface area contributed by atoms with Gasteiger partial charge >= 0.3 is 18.1 Å². The number of rotatable bonds is 3. The van der Waals surface area contributed by atoms with Crippen LogP contribution >= 0.6 is 120 Å². The predicted molar refractivity (Wildman–Crippen MR) is 503 cm³/mol. The summed E-state index contributed by atoms with van der Waals surface area (Å²) in [5.41, 5.74) is 7.32. The van der Waals surface area contributed by atoms with Crippen LogP contribution in [0.4, 0.5) is 13.2 Å². The number of carboxylic acids is 1. The number of carboxylic acid groups (broad SMARTS) is 1. The van der Waals surface area contributed by atoms with Crippen molar-refractivity contribution in [2.75, 3.05) is 57.8 Å². The molecule has 10 heterocycles. The topological polar surface area (TPSA) is 319 Å². The van der Waals surface area contributed by atoms with Crippen LogP contribution in [0.15, 0.2) is 207 Å². The highest BCUT2D eigenvalue weighted by molar-refractivity contribution is 14.1. The number of aryl methyl sites for hydroxylation is 2. The number of benzene rings is 10. The first-order valence-corrected chi connectivity index (χ1v) is 46.8. The van der Waals surface area contributed by atoms with Crippen molar-refractivity contribution in [3.05, 3.63) is 289 Å². The molecule has 131 heavy (non-hydrogen) atoms. The Morgan fingerprint density at radius 1 is 0.435 bits per heavy atom. The van der Waals surface area contributed by atoms with Gasteiger partial charge < -0.3 is 48.1 Å². The Bertz CT molecular complexity index is 5660. The van der Waals surface area contributed by atoms with Crippen LogP contribution in [0.3, 0.4) is 0 Å². The Kier molecular flexibility index (Phi) is 36.9. The average molecular weight is 2100 g/mol. The van der Waals surface area contributed by atoms with Crippen molar-refractivity contribution in [3.63, 3.8) is 0 Å². The summed E-state index contributed by atoms with van der Waals surface area (Å²) < 4.78 is 80.8. The summed E-state index contributed by atoms with van der Waals surface area (Å²) in [6, 6.07) is 53.7. The fraction of sp³-hybridized carbons (Fsp3) is 0.258. The molecule has 3 atom stereocenters. The standard InChI is InChI=1S/C11H9ClO3S.C11H10O3S.C10H7F3O2.2C10H10O2.C9H7BrO2.C9H6Cl2O2.C9H7ClO2.C9H7IO2.C9H8O2S/c12-6-1-2-10-8(3-6)9(13)4-7(16-10)5-11(14)15;1-7(12)14-9-6-15-10-5-3-2-4-8(10)11(9)13;11-10(12,13)6-1-2-9-7(5-6)8(14)3-4-15-9;2*1-7-2-3-10-8(6-7)9(11)4-5-12-10;10-6-1-2-9-7(5-6)8(11)3-4-12-9;10-5-3-6-8(12)1-2-13-9(6)7(11)4-5;2*10-6-1-2-9-7(5-6)8(11)3-4-12-9;10-7-5-12-8-4-2-1-3-6(8)9(7)11/h1-3,7H,4-5H2,(H,14,15);2-5,9H,6H2,1H3;1-2,5H,3-4H2;2*2-3,6H,4-5H2,1H3;1-2,5H,3-4H2;3-4H,1-2H2;2*1-2,5H,3-4H2;1-4,7,10H,5H2. The molecular weight excluding hydrogens is 2020 g/mol.